The number of carbonyl (C=O) groups excluding carboxylic acids is 1. The second-order valence-electron chi connectivity index (χ2n) is 10.9. The third kappa shape index (κ3) is 6.37. The lowest BCUT2D eigenvalue weighted by Gasteiger charge is -2.24. The molecule has 1 fully saturated rings. The molecule has 3 heterocycles. The molecule has 37 heavy (non-hydrogen) atoms. The number of sulfone groups is 1. The molecule has 0 radical (unpaired) electrons. The molecule has 1 saturated heterocycles. The highest BCUT2D eigenvalue weighted by Crippen LogP contribution is 2.34. The van der Waals surface area contributed by atoms with E-state index in [-0.39, 0.29) is 29.5 Å². The van der Waals surface area contributed by atoms with E-state index < -0.39 is 21.5 Å². The van der Waals surface area contributed by atoms with Crippen molar-refractivity contribution in [2.45, 2.75) is 57.6 Å². The van der Waals surface area contributed by atoms with Crippen LogP contribution in [0.4, 0.5) is 16.3 Å². The van der Waals surface area contributed by atoms with Gasteiger partial charge in [-0.15, -0.1) is 0 Å². The number of aromatic nitrogens is 4. The minimum Gasteiger partial charge on any atom is -0.382 e. The van der Waals surface area contributed by atoms with Crippen LogP contribution in [0.25, 0.3) is 11.2 Å². The van der Waals surface area contributed by atoms with Gasteiger partial charge in [-0.3, -0.25) is 0 Å². The molecular formula is C25H35N7O4S. The largest absolute Gasteiger partial charge is 0.382 e. The van der Waals surface area contributed by atoms with Crippen LogP contribution in [0.2, 0.25) is 0 Å². The smallest absolute Gasteiger partial charge is 0.319 e. The molecule has 2 aromatic heterocycles. The molecule has 0 bridgehead atoms. The first kappa shape index (κ1) is 26.8. The third-order valence-electron chi connectivity index (χ3n) is 6.61. The van der Waals surface area contributed by atoms with Crippen molar-refractivity contribution in [2.75, 3.05) is 35.7 Å². The van der Waals surface area contributed by atoms with Crippen LogP contribution < -0.4 is 16.4 Å². The predicted octanol–water partition coefficient (Wildman–Crippen LogP) is 2.84. The van der Waals surface area contributed by atoms with E-state index in [1.54, 1.807) is 6.33 Å². The highest BCUT2D eigenvalue weighted by molar-refractivity contribution is 7.91. The molecule has 4 rings (SSSR count). The van der Waals surface area contributed by atoms with E-state index >= 15 is 0 Å². The summed E-state index contributed by atoms with van der Waals surface area (Å²) in [5, 5.41) is 5.49. The van der Waals surface area contributed by atoms with Crippen LogP contribution >= 0.6 is 0 Å². The van der Waals surface area contributed by atoms with Gasteiger partial charge in [-0.25, -0.2) is 28.2 Å². The molecule has 200 valence electrons. The Labute approximate surface area is 217 Å². The van der Waals surface area contributed by atoms with Gasteiger partial charge in [0.05, 0.1) is 36.1 Å². The lowest BCUT2D eigenvalue weighted by Crippen LogP contribution is -2.32. The molecule has 1 aliphatic rings. The van der Waals surface area contributed by atoms with E-state index in [1.165, 1.54) is 11.9 Å². The first-order valence-electron chi connectivity index (χ1n) is 12.3. The lowest BCUT2D eigenvalue weighted by molar-refractivity contribution is 0.112. The minimum atomic E-state index is -3.38. The number of nitrogens with two attached hydrogens (primary N) is 1. The van der Waals surface area contributed by atoms with Crippen molar-refractivity contribution in [1.29, 1.82) is 0 Å². The van der Waals surface area contributed by atoms with Gasteiger partial charge in [0.25, 0.3) is 0 Å². The van der Waals surface area contributed by atoms with Crippen molar-refractivity contribution in [3.63, 3.8) is 0 Å². The van der Waals surface area contributed by atoms with Crippen LogP contribution in [-0.4, -0.2) is 64.7 Å². The summed E-state index contributed by atoms with van der Waals surface area (Å²) in [7, 11) is -3.38. The van der Waals surface area contributed by atoms with Gasteiger partial charge in [0, 0.05) is 18.7 Å². The Morgan fingerprint density at radius 2 is 1.95 bits per heavy atom. The van der Waals surface area contributed by atoms with E-state index in [2.05, 4.69) is 46.4 Å². The van der Waals surface area contributed by atoms with Crippen LogP contribution in [0.3, 0.4) is 0 Å². The van der Waals surface area contributed by atoms with Crippen molar-refractivity contribution >= 4 is 38.5 Å². The van der Waals surface area contributed by atoms with E-state index in [9.17, 15) is 13.2 Å². The first-order chi connectivity index (χ1) is 17.4. The van der Waals surface area contributed by atoms with Crippen molar-refractivity contribution in [3.8, 4) is 0 Å². The second-order valence-corrected chi connectivity index (χ2v) is 13.1. The summed E-state index contributed by atoms with van der Waals surface area (Å²) < 4.78 is 33.2. The van der Waals surface area contributed by atoms with Gasteiger partial charge in [0.15, 0.2) is 21.3 Å². The number of imidazole rings is 1. The predicted molar refractivity (Wildman–Crippen MR) is 143 cm³/mol. The SMILES string of the molecule is CC(C)(C)c1ccc(NC(=O)NCCCS(=O)(=O)CC2CC(C)(n3cnc4c(N)ncnc43)CO2)cc1. The summed E-state index contributed by atoms with van der Waals surface area (Å²) in [5.74, 6) is 0.173. The minimum absolute atomic E-state index is 0.0335. The fraction of sp³-hybridized carbons (Fsp3) is 0.520. The summed E-state index contributed by atoms with van der Waals surface area (Å²) in [6, 6.07) is 7.31. The van der Waals surface area contributed by atoms with Gasteiger partial charge in [0.2, 0.25) is 0 Å². The number of hydrogen-bond donors (Lipinski definition) is 3. The van der Waals surface area contributed by atoms with Gasteiger partial charge in [-0.1, -0.05) is 32.9 Å². The topological polar surface area (TPSA) is 154 Å². The Morgan fingerprint density at radius 3 is 2.65 bits per heavy atom. The number of nitrogens with zero attached hydrogens (tertiary/aromatic N) is 4. The molecule has 0 spiro atoms. The molecule has 0 saturated carbocycles. The Kier molecular flexibility index (Phi) is 7.43. The molecule has 4 N–H and O–H groups in total. The van der Waals surface area contributed by atoms with Gasteiger partial charge >= 0.3 is 6.03 Å². The molecule has 11 nitrogen and oxygen atoms in total. The number of nitrogens with one attached hydrogen (secondary N) is 2. The number of ether oxygens (including phenoxy) is 1. The quantitative estimate of drug-likeness (QED) is 0.376. The van der Waals surface area contributed by atoms with Gasteiger partial charge < -0.3 is 25.7 Å². The maximum atomic E-state index is 12.7. The van der Waals surface area contributed by atoms with Gasteiger partial charge in [-0.2, -0.15) is 0 Å². The van der Waals surface area contributed by atoms with Crippen molar-refractivity contribution < 1.29 is 17.9 Å². The fourth-order valence-corrected chi connectivity index (χ4v) is 6.05. The zero-order valence-corrected chi connectivity index (χ0v) is 22.5. The second kappa shape index (κ2) is 10.3. The maximum absolute atomic E-state index is 12.7. The molecule has 2 amide bonds. The molecule has 3 aromatic rings. The summed E-state index contributed by atoms with van der Waals surface area (Å²) in [5.41, 5.74) is 8.38. The summed E-state index contributed by atoms with van der Waals surface area (Å²) >= 11 is 0. The van der Waals surface area contributed by atoms with E-state index in [1.807, 2.05) is 35.8 Å². The monoisotopic (exact) mass is 529 g/mol. The fourth-order valence-electron chi connectivity index (χ4n) is 4.52. The van der Waals surface area contributed by atoms with Crippen LogP contribution in [0.5, 0.6) is 0 Å². The Hall–Kier alpha value is -3.25. The third-order valence-corrected chi connectivity index (χ3v) is 8.40. The van der Waals surface area contributed by atoms with Crippen molar-refractivity contribution in [1.82, 2.24) is 24.8 Å². The van der Waals surface area contributed by atoms with Crippen LogP contribution in [-0.2, 0) is 25.5 Å². The van der Waals surface area contributed by atoms with E-state index in [0.29, 0.717) is 42.1 Å². The Bertz CT molecular complexity index is 1370. The van der Waals surface area contributed by atoms with Crippen LogP contribution in [0.1, 0.15) is 46.1 Å². The number of fused-ring (bicyclic) bond motifs is 1. The average molecular weight is 530 g/mol. The molecular weight excluding hydrogens is 494 g/mol. The molecule has 0 aliphatic carbocycles. The molecule has 1 aromatic carbocycles. The number of urea groups is 1. The molecule has 12 heteroatoms. The maximum Gasteiger partial charge on any atom is 0.319 e. The first-order valence-corrected chi connectivity index (χ1v) is 14.1. The number of hydrogen-bond acceptors (Lipinski definition) is 8. The molecule has 2 unspecified atom stereocenters. The zero-order valence-electron chi connectivity index (χ0n) is 21.7. The summed E-state index contributed by atoms with van der Waals surface area (Å²) in [6.45, 7) is 8.94. The number of rotatable bonds is 8. The van der Waals surface area contributed by atoms with Crippen LogP contribution in [0.15, 0.2) is 36.9 Å². The summed E-state index contributed by atoms with van der Waals surface area (Å²) in [6.07, 6.45) is 3.39. The van der Waals surface area contributed by atoms with Gasteiger partial charge in [-0.05, 0) is 36.5 Å². The Balaban J connectivity index is 1.23. The number of benzene rings is 1. The highest BCUT2D eigenvalue weighted by atomic mass is 32.2. The Morgan fingerprint density at radius 1 is 1.22 bits per heavy atom. The number of carbonyl (C=O) groups is 1. The molecule has 2 atom stereocenters. The van der Waals surface area contributed by atoms with Crippen LogP contribution in [0, 0.1) is 0 Å². The number of nitrogen functional groups attached to an aromatic ring is 1. The van der Waals surface area contributed by atoms with Crippen molar-refractivity contribution in [2.24, 2.45) is 0 Å². The van der Waals surface area contributed by atoms with Gasteiger partial charge in [0.1, 0.15) is 11.8 Å². The number of anilines is 2. The van der Waals surface area contributed by atoms with E-state index in [4.69, 9.17) is 10.5 Å². The zero-order chi connectivity index (χ0) is 26.8. The summed E-state index contributed by atoms with van der Waals surface area (Å²) in [4.78, 5) is 24.7. The number of amides is 2. The van der Waals surface area contributed by atoms with E-state index in [0.717, 1.165) is 0 Å². The lowest BCUT2D eigenvalue weighted by atomic mass is 9.87. The highest BCUT2D eigenvalue weighted by Gasteiger charge is 2.40. The van der Waals surface area contributed by atoms with Crippen molar-refractivity contribution in [3.05, 3.63) is 42.5 Å². The average Bonchev–Trinajstić information content (AvgIpc) is 3.42. The standard InChI is InChI=1S/C25H35N7O4S/c1-24(2,3)17-6-8-18(9-7-17)31-23(33)27-10-5-11-37(34,35)13-19-12-25(4,14-36-19)32-16-30-20-21(26)28-15-29-22(20)32/h6-9,15-16,19H,5,10-14H2,1-4H3,(H2,26,28,29)(H2,27,31,33). The molecule has 1 aliphatic heterocycles. The normalized spacial score (nSPS) is 20.3.